The van der Waals surface area contributed by atoms with Gasteiger partial charge in [-0.25, -0.2) is 0 Å². The number of imide groups is 1. The number of rotatable bonds is 6. The highest BCUT2D eigenvalue weighted by molar-refractivity contribution is 6.21. The number of pyridine rings is 1. The van der Waals surface area contributed by atoms with Gasteiger partial charge in [0.15, 0.2) is 0 Å². The van der Waals surface area contributed by atoms with Crippen LogP contribution in [0.15, 0.2) is 108 Å². The number of carbonyl (C=O) groups excluding carboxylic acids is 2. The molecule has 5 rings (SSSR count). The van der Waals surface area contributed by atoms with Gasteiger partial charge in [-0.3, -0.25) is 19.3 Å². The highest BCUT2D eigenvalue weighted by Crippen LogP contribution is 2.31. The van der Waals surface area contributed by atoms with Crippen LogP contribution in [0.5, 0.6) is 0 Å². The average Bonchev–Trinajstić information content (AvgIpc) is 3.10. The molecular formula is C28H22N2O3. The van der Waals surface area contributed by atoms with Crippen LogP contribution >= 0.6 is 0 Å². The summed E-state index contributed by atoms with van der Waals surface area (Å²) in [6, 6.07) is 30.5. The van der Waals surface area contributed by atoms with Crippen LogP contribution < -0.4 is 5.56 Å². The predicted molar refractivity (Wildman–Crippen MR) is 126 cm³/mol. The number of hydrogen-bond acceptors (Lipinski definition) is 3. The molecule has 2 heterocycles. The van der Waals surface area contributed by atoms with Gasteiger partial charge in [0.2, 0.25) is 0 Å². The van der Waals surface area contributed by atoms with Gasteiger partial charge in [-0.2, -0.15) is 0 Å². The zero-order valence-electron chi connectivity index (χ0n) is 17.9. The summed E-state index contributed by atoms with van der Waals surface area (Å²) in [5.74, 6) is -0.670. The summed E-state index contributed by atoms with van der Waals surface area (Å²) in [5, 5.41) is 0. The quantitative estimate of drug-likeness (QED) is 0.425. The Hall–Kier alpha value is -4.25. The number of carbonyl (C=O) groups is 2. The number of fused-ring (bicyclic) bond motifs is 1. The van der Waals surface area contributed by atoms with E-state index in [1.807, 2.05) is 48.7 Å². The van der Waals surface area contributed by atoms with Gasteiger partial charge in [-0.1, -0.05) is 78.9 Å². The number of nitrogens with zero attached hydrogens (tertiary/aromatic N) is 2. The Morgan fingerprint density at radius 2 is 1.06 bits per heavy atom. The van der Waals surface area contributed by atoms with E-state index < -0.39 is 0 Å². The molecule has 0 N–H and O–H groups in total. The number of benzene rings is 3. The van der Waals surface area contributed by atoms with Gasteiger partial charge in [0.25, 0.3) is 17.4 Å². The minimum absolute atomic E-state index is 0.0430. The molecule has 5 heteroatoms. The number of hydrogen-bond donors (Lipinski definition) is 0. The van der Waals surface area contributed by atoms with Crippen molar-refractivity contribution in [2.45, 2.75) is 12.5 Å². The molecule has 33 heavy (non-hydrogen) atoms. The molecule has 1 aliphatic rings. The summed E-state index contributed by atoms with van der Waals surface area (Å²) < 4.78 is 1.58. The summed E-state index contributed by atoms with van der Waals surface area (Å²) in [6.07, 6.45) is 1.84. The topological polar surface area (TPSA) is 59.4 Å². The van der Waals surface area contributed by atoms with E-state index in [0.29, 0.717) is 11.1 Å². The van der Waals surface area contributed by atoms with E-state index in [1.54, 1.807) is 34.9 Å². The lowest BCUT2D eigenvalue weighted by Crippen LogP contribution is -2.35. The molecular weight excluding hydrogens is 412 g/mol. The van der Waals surface area contributed by atoms with Gasteiger partial charge in [0.1, 0.15) is 0 Å². The molecule has 4 aromatic rings. The van der Waals surface area contributed by atoms with Crippen LogP contribution in [0.25, 0.3) is 0 Å². The van der Waals surface area contributed by atoms with Gasteiger partial charge < -0.3 is 4.57 Å². The third-order valence-electron chi connectivity index (χ3n) is 6.05. The van der Waals surface area contributed by atoms with Crippen LogP contribution in [0.1, 0.15) is 43.3 Å². The van der Waals surface area contributed by atoms with Crippen LogP contribution in [0.3, 0.4) is 0 Å². The molecule has 0 aliphatic carbocycles. The van der Waals surface area contributed by atoms with Crippen molar-refractivity contribution in [3.63, 3.8) is 0 Å². The molecule has 2 amide bonds. The van der Waals surface area contributed by atoms with E-state index in [1.165, 1.54) is 4.90 Å². The van der Waals surface area contributed by atoms with Crippen molar-refractivity contribution < 1.29 is 9.59 Å². The molecule has 0 spiro atoms. The molecule has 0 atom stereocenters. The summed E-state index contributed by atoms with van der Waals surface area (Å²) >= 11 is 0. The Balaban J connectivity index is 1.45. The molecule has 0 radical (unpaired) electrons. The van der Waals surface area contributed by atoms with E-state index >= 15 is 0 Å². The maximum absolute atomic E-state index is 12.7. The minimum atomic E-state index is -0.314. The van der Waals surface area contributed by atoms with Crippen molar-refractivity contribution in [3.8, 4) is 0 Å². The van der Waals surface area contributed by atoms with Gasteiger partial charge in [-0.05, 0) is 28.8 Å². The van der Waals surface area contributed by atoms with Crippen LogP contribution in [0.4, 0.5) is 0 Å². The van der Waals surface area contributed by atoms with Gasteiger partial charge in [0.05, 0.1) is 11.1 Å². The summed E-state index contributed by atoms with van der Waals surface area (Å²) in [4.78, 5) is 39.2. The van der Waals surface area contributed by atoms with E-state index in [2.05, 4.69) is 24.3 Å². The van der Waals surface area contributed by atoms with Crippen molar-refractivity contribution in [1.29, 1.82) is 0 Å². The molecule has 0 unspecified atom stereocenters. The van der Waals surface area contributed by atoms with Gasteiger partial charge in [0, 0.05) is 31.3 Å². The first kappa shape index (κ1) is 20.6. The highest BCUT2D eigenvalue weighted by Gasteiger charge is 2.34. The van der Waals surface area contributed by atoms with Crippen LogP contribution in [-0.2, 0) is 6.54 Å². The van der Waals surface area contributed by atoms with Crippen molar-refractivity contribution in [2.75, 3.05) is 6.54 Å². The monoisotopic (exact) mass is 434 g/mol. The predicted octanol–water partition coefficient (Wildman–Crippen LogP) is 4.32. The van der Waals surface area contributed by atoms with E-state index in [0.717, 1.165) is 16.7 Å². The van der Waals surface area contributed by atoms with E-state index in [-0.39, 0.29) is 36.4 Å². The minimum Gasteiger partial charge on any atom is -0.313 e. The molecule has 1 aromatic heterocycles. The van der Waals surface area contributed by atoms with Crippen LogP contribution in [0, 0.1) is 0 Å². The molecule has 0 bridgehead atoms. The second-order valence-corrected chi connectivity index (χ2v) is 8.06. The number of amides is 2. The molecule has 0 saturated heterocycles. The normalized spacial score (nSPS) is 12.9. The lowest BCUT2D eigenvalue weighted by atomic mass is 9.86. The van der Waals surface area contributed by atoms with Gasteiger partial charge >= 0.3 is 0 Å². The van der Waals surface area contributed by atoms with Crippen LogP contribution in [-0.4, -0.2) is 27.8 Å². The Bertz CT molecular complexity index is 1300. The largest absolute Gasteiger partial charge is 0.313 e. The van der Waals surface area contributed by atoms with Crippen molar-refractivity contribution in [3.05, 3.63) is 141 Å². The lowest BCUT2D eigenvalue weighted by molar-refractivity contribution is 0.0648. The SMILES string of the molecule is O=C1c2ccccc2C(=O)N1CCn1cc(C(c2ccccc2)c2ccccc2)ccc1=O. The Labute approximate surface area is 191 Å². The third-order valence-corrected chi connectivity index (χ3v) is 6.05. The standard InChI is InChI=1S/C28H22N2O3/c31-25-16-15-22(26(20-9-3-1-4-10-20)21-11-5-2-6-12-21)19-29(25)17-18-30-27(32)23-13-7-8-14-24(23)28(30)33/h1-16,19,26H,17-18H2. The molecule has 162 valence electrons. The summed E-state index contributed by atoms with van der Waals surface area (Å²) in [5.41, 5.74) is 3.86. The fourth-order valence-corrected chi connectivity index (χ4v) is 4.41. The second-order valence-electron chi connectivity index (χ2n) is 8.06. The average molecular weight is 434 g/mol. The highest BCUT2D eigenvalue weighted by atomic mass is 16.2. The zero-order chi connectivity index (χ0) is 22.8. The van der Waals surface area contributed by atoms with Crippen LogP contribution in [0.2, 0.25) is 0 Å². The first-order chi connectivity index (χ1) is 16.1. The zero-order valence-corrected chi connectivity index (χ0v) is 17.9. The number of aromatic nitrogens is 1. The maximum Gasteiger partial charge on any atom is 0.261 e. The Morgan fingerprint density at radius 3 is 1.61 bits per heavy atom. The van der Waals surface area contributed by atoms with E-state index in [9.17, 15) is 14.4 Å². The molecule has 1 aliphatic heterocycles. The first-order valence-corrected chi connectivity index (χ1v) is 10.9. The third kappa shape index (κ3) is 3.89. The van der Waals surface area contributed by atoms with Crippen molar-refractivity contribution >= 4 is 11.8 Å². The first-order valence-electron chi connectivity index (χ1n) is 10.9. The Kier molecular flexibility index (Phi) is 5.45. The van der Waals surface area contributed by atoms with E-state index in [4.69, 9.17) is 0 Å². The summed E-state index contributed by atoms with van der Waals surface area (Å²) in [6.45, 7) is 0.367. The molecule has 0 fully saturated rings. The maximum atomic E-state index is 12.7. The molecule has 0 saturated carbocycles. The Morgan fingerprint density at radius 1 is 0.545 bits per heavy atom. The summed E-state index contributed by atoms with van der Waals surface area (Å²) in [7, 11) is 0. The fourth-order valence-electron chi connectivity index (χ4n) is 4.41. The van der Waals surface area contributed by atoms with Crippen molar-refractivity contribution in [2.24, 2.45) is 0 Å². The molecule has 5 nitrogen and oxygen atoms in total. The lowest BCUT2D eigenvalue weighted by Gasteiger charge is -2.20. The molecule has 3 aromatic carbocycles. The second kappa shape index (κ2) is 8.71. The fraction of sp³-hybridized carbons (Fsp3) is 0.107. The smallest absolute Gasteiger partial charge is 0.261 e. The van der Waals surface area contributed by atoms with Crippen molar-refractivity contribution in [1.82, 2.24) is 9.47 Å². The van der Waals surface area contributed by atoms with Gasteiger partial charge in [-0.15, -0.1) is 0 Å².